The van der Waals surface area contributed by atoms with Gasteiger partial charge in [-0.2, -0.15) is 0 Å². The molecule has 0 saturated carbocycles. The highest BCUT2D eigenvalue weighted by molar-refractivity contribution is 8.01. The van der Waals surface area contributed by atoms with Crippen molar-refractivity contribution >= 4 is 29.0 Å². The molecule has 0 saturated heterocycles. The number of imidazole rings is 1. The Morgan fingerprint density at radius 1 is 1.57 bits per heavy atom. The highest BCUT2D eigenvalue weighted by Crippen LogP contribution is 2.21. The number of amides is 1. The lowest BCUT2D eigenvalue weighted by molar-refractivity contribution is -0.118. The van der Waals surface area contributed by atoms with Gasteiger partial charge in [0.05, 0.1) is 30.9 Å². The molecule has 0 aromatic carbocycles. The molecule has 2 rings (SSSR count). The third-order valence-electron chi connectivity index (χ3n) is 2.73. The van der Waals surface area contributed by atoms with Gasteiger partial charge < -0.3 is 14.6 Å². The van der Waals surface area contributed by atoms with Crippen molar-refractivity contribution in [1.82, 2.24) is 19.9 Å². The molecule has 0 aliphatic heterocycles. The van der Waals surface area contributed by atoms with E-state index in [9.17, 15) is 4.79 Å². The summed E-state index contributed by atoms with van der Waals surface area (Å²) in [6.45, 7) is 3.77. The zero-order valence-corrected chi connectivity index (χ0v) is 13.7. The van der Waals surface area contributed by atoms with E-state index >= 15 is 0 Å². The molecule has 21 heavy (non-hydrogen) atoms. The molecule has 2 aromatic heterocycles. The fourth-order valence-electron chi connectivity index (χ4n) is 1.65. The summed E-state index contributed by atoms with van der Waals surface area (Å²) in [6.07, 6.45) is 3.50. The molecular weight excluding hydrogens is 308 g/mol. The average molecular weight is 326 g/mol. The first-order valence-corrected chi connectivity index (χ1v) is 8.35. The lowest BCUT2D eigenvalue weighted by atomic mass is 10.4. The number of ether oxygens (including phenoxy) is 1. The third-order valence-corrected chi connectivity index (χ3v) is 4.87. The first kappa shape index (κ1) is 16.0. The molecule has 8 heteroatoms. The van der Waals surface area contributed by atoms with Gasteiger partial charge in [0.1, 0.15) is 0 Å². The minimum Gasteiger partial charge on any atom is -0.383 e. The number of rotatable bonds is 8. The fourth-order valence-corrected chi connectivity index (χ4v) is 3.33. The average Bonchev–Trinajstić information content (AvgIpc) is 3.09. The van der Waals surface area contributed by atoms with Gasteiger partial charge in [0.25, 0.3) is 0 Å². The Kier molecular flexibility index (Phi) is 6.21. The number of thiazole rings is 1. The van der Waals surface area contributed by atoms with E-state index < -0.39 is 0 Å². The molecule has 0 fully saturated rings. The Labute approximate surface area is 131 Å². The second-order valence-electron chi connectivity index (χ2n) is 4.39. The predicted octanol–water partition coefficient (Wildman–Crippen LogP) is 1.70. The predicted molar refractivity (Wildman–Crippen MR) is 83.5 cm³/mol. The number of hydrogen-bond acceptors (Lipinski definition) is 6. The number of thioether (sulfide) groups is 1. The van der Waals surface area contributed by atoms with E-state index in [-0.39, 0.29) is 5.91 Å². The number of aromatic nitrogens is 3. The third kappa shape index (κ3) is 5.14. The molecule has 114 valence electrons. The van der Waals surface area contributed by atoms with Crippen molar-refractivity contribution in [1.29, 1.82) is 0 Å². The van der Waals surface area contributed by atoms with E-state index in [4.69, 9.17) is 4.74 Å². The van der Waals surface area contributed by atoms with E-state index in [1.54, 1.807) is 31.0 Å². The van der Waals surface area contributed by atoms with Gasteiger partial charge >= 0.3 is 0 Å². The van der Waals surface area contributed by atoms with E-state index in [0.29, 0.717) is 18.9 Å². The molecule has 2 aromatic rings. The molecule has 0 radical (unpaired) electrons. The van der Waals surface area contributed by atoms with Crippen molar-refractivity contribution in [2.24, 2.45) is 0 Å². The summed E-state index contributed by atoms with van der Waals surface area (Å²) in [7, 11) is 1.66. The van der Waals surface area contributed by atoms with Crippen LogP contribution >= 0.6 is 23.1 Å². The zero-order chi connectivity index (χ0) is 15.1. The largest absolute Gasteiger partial charge is 0.383 e. The van der Waals surface area contributed by atoms with Crippen molar-refractivity contribution in [3.8, 4) is 0 Å². The number of nitrogens with zero attached hydrogens (tertiary/aromatic N) is 3. The lowest BCUT2D eigenvalue weighted by Gasteiger charge is -2.08. The summed E-state index contributed by atoms with van der Waals surface area (Å²) in [6, 6.07) is 0. The Bertz CT molecular complexity index is 582. The monoisotopic (exact) mass is 326 g/mol. The summed E-state index contributed by atoms with van der Waals surface area (Å²) >= 11 is 3.02. The van der Waals surface area contributed by atoms with Gasteiger partial charge in [-0.25, -0.2) is 9.97 Å². The summed E-state index contributed by atoms with van der Waals surface area (Å²) < 4.78 is 7.94. The summed E-state index contributed by atoms with van der Waals surface area (Å²) in [4.78, 5) is 20.2. The maximum atomic E-state index is 11.8. The minimum atomic E-state index is -0.00709. The second kappa shape index (κ2) is 8.16. The van der Waals surface area contributed by atoms with E-state index in [2.05, 4.69) is 15.3 Å². The highest BCUT2D eigenvalue weighted by atomic mass is 32.2. The van der Waals surface area contributed by atoms with Crippen molar-refractivity contribution in [3.63, 3.8) is 0 Å². The van der Waals surface area contributed by atoms with Gasteiger partial charge in [-0.05, 0) is 6.92 Å². The second-order valence-corrected chi connectivity index (χ2v) is 6.47. The van der Waals surface area contributed by atoms with Gasteiger partial charge in [-0.15, -0.1) is 11.3 Å². The Balaban J connectivity index is 1.74. The molecule has 0 aliphatic rings. The Morgan fingerprint density at radius 3 is 3.14 bits per heavy atom. The van der Waals surface area contributed by atoms with Gasteiger partial charge in [0.2, 0.25) is 5.91 Å². The number of carbonyl (C=O) groups excluding carboxylic acids is 1. The van der Waals surface area contributed by atoms with E-state index in [1.807, 2.05) is 16.9 Å². The maximum absolute atomic E-state index is 11.8. The zero-order valence-electron chi connectivity index (χ0n) is 12.0. The SMILES string of the molecule is COCCn1cncc1CNC(=O)CSc1nc(C)cs1. The van der Waals surface area contributed by atoms with Gasteiger partial charge in [0, 0.05) is 30.9 Å². The van der Waals surface area contributed by atoms with Crippen LogP contribution in [-0.2, 0) is 22.6 Å². The molecule has 0 unspecified atom stereocenters. The quantitative estimate of drug-likeness (QED) is 0.748. The first-order chi connectivity index (χ1) is 10.2. The standard InChI is InChI=1S/C13H18N4O2S2/c1-10-7-20-13(16-10)21-8-12(18)15-6-11-5-14-9-17(11)3-4-19-2/h5,7,9H,3-4,6,8H2,1-2H3,(H,15,18). The molecule has 1 N–H and O–H groups in total. The van der Waals surface area contributed by atoms with Crippen LogP contribution in [0, 0.1) is 6.92 Å². The molecule has 0 spiro atoms. The van der Waals surface area contributed by atoms with Crippen LogP contribution in [0.15, 0.2) is 22.2 Å². The smallest absolute Gasteiger partial charge is 0.230 e. The van der Waals surface area contributed by atoms with Crippen molar-refractivity contribution < 1.29 is 9.53 Å². The van der Waals surface area contributed by atoms with Gasteiger partial charge in [0.15, 0.2) is 4.34 Å². The van der Waals surface area contributed by atoms with Crippen LogP contribution in [-0.4, -0.2) is 39.9 Å². The highest BCUT2D eigenvalue weighted by Gasteiger charge is 2.07. The van der Waals surface area contributed by atoms with Crippen molar-refractivity contribution in [3.05, 3.63) is 29.3 Å². The van der Waals surface area contributed by atoms with E-state index in [1.165, 1.54) is 11.8 Å². The fraction of sp³-hybridized carbons (Fsp3) is 0.462. The van der Waals surface area contributed by atoms with Crippen LogP contribution in [0.2, 0.25) is 0 Å². The van der Waals surface area contributed by atoms with Crippen molar-refractivity contribution in [2.75, 3.05) is 19.5 Å². The number of hydrogen-bond donors (Lipinski definition) is 1. The van der Waals surface area contributed by atoms with Gasteiger partial charge in [-0.3, -0.25) is 4.79 Å². The number of methoxy groups -OCH3 is 1. The maximum Gasteiger partial charge on any atom is 0.230 e. The molecular formula is C13H18N4O2S2. The van der Waals surface area contributed by atoms with Crippen LogP contribution in [0.25, 0.3) is 0 Å². The topological polar surface area (TPSA) is 69.0 Å². The molecule has 0 aliphatic carbocycles. The summed E-state index contributed by atoms with van der Waals surface area (Å²) in [5, 5.41) is 4.88. The van der Waals surface area contributed by atoms with Crippen LogP contribution in [0.1, 0.15) is 11.4 Å². The van der Waals surface area contributed by atoms with Crippen LogP contribution in [0.4, 0.5) is 0 Å². The van der Waals surface area contributed by atoms with Crippen LogP contribution in [0.3, 0.4) is 0 Å². The normalized spacial score (nSPS) is 10.8. The lowest BCUT2D eigenvalue weighted by Crippen LogP contribution is -2.26. The molecule has 6 nitrogen and oxygen atoms in total. The molecule has 2 heterocycles. The first-order valence-electron chi connectivity index (χ1n) is 6.48. The number of carbonyl (C=O) groups is 1. The molecule has 0 atom stereocenters. The minimum absolute atomic E-state index is 0.00709. The van der Waals surface area contributed by atoms with Crippen molar-refractivity contribution in [2.45, 2.75) is 24.4 Å². The summed E-state index contributed by atoms with van der Waals surface area (Å²) in [5.41, 5.74) is 1.96. The summed E-state index contributed by atoms with van der Waals surface area (Å²) in [5.74, 6) is 0.367. The Hall–Kier alpha value is -1.38. The number of aryl methyl sites for hydroxylation is 1. The Morgan fingerprint density at radius 2 is 2.43 bits per heavy atom. The number of nitrogens with one attached hydrogen (secondary N) is 1. The van der Waals surface area contributed by atoms with Crippen LogP contribution in [0.5, 0.6) is 0 Å². The molecule has 0 bridgehead atoms. The van der Waals surface area contributed by atoms with Crippen LogP contribution < -0.4 is 5.32 Å². The van der Waals surface area contributed by atoms with Gasteiger partial charge in [-0.1, -0.05) is 11.8 Å². The van der Waals surface area contributed by atoms with E-state index in [0.717, 1.165) is 22.3 Å². The molecule has 1 amide bonds.